The lowest BCUT2D eigenvalue weighted by atomic mass is 10.3. The summed E-state index contributed by atoms with van der Waals surface area (Å²) in [4.78, 5) is 4.33. The average Bonchev–Trinajstić information content (AvgIpc) is 2.90. The molecule has 0 saturated heterocycles. The number of halogens is 3. The van der Waals surface area contributed by atoms with Gasteiger partial charge in [-0.05, 0) is 31.4 Å². The van der Waals surface area contributed by atoms with Crippen LogP contribution in [0.25, 0.3) is 11.0 Å². The molecule has 2 aromatic rings. The first kappa shape index (κ1) is 11.9. The van der Waals surface area contributed by atoms with E-state index in [4.69, 9.17) is 11.6 Å². The van der Waals surface area contributed by atoms with Crippen molar-refractivity contribution in [2.24, 2.45) is 5.92 Å². The number of alkyl halides is 1. The molecule has 18 heavy (non-hydrogen) atoms. The number of benzene rings is 1. The molecule has 0 aliphatic heterocycles. The van der Waals surface area contributed by atoms with Gasteiger partial charge in [-0.1, -0.05) is 6.92 Å². The molecule has 5 heteroatoms. The average molecular weight is 271 g/mol. The predicted octanol–water partition coefficient (Wildman–Crippen LogP) is 4.20. The highest BCUT2D eigenvalue weighted by molar-refractivity contribution is 6.20. The third-order valence-electron chi connectivity index (χ3n) is 3.52. The molecule has 1 aliphatic rings. The van der Waals surface area contributed by atoms with Crippen molar-refractivity contribution in [2.45, 2.75) is 31.7 Å². The van der Waals surface area contributed by atoms with Crippen molar-refractivity contribution in [1.82, 2.24) is 9.55 Å². The van der Waals surface area contributed by atoms with Gasteiger partial charge in [-0.15, -0.1) is 11.6 Å². The van der Waals surface area contributed by atoms with Crippen LogP contribution < -0.4 is 0 Å². The van der Waals surface area contributed by atoms with Crippen LogP contribution in [0.4, 0.5) is 8.78 Å². The number of aromatic nitrogens is 2. The van der Waals surface area contributed by atoms with Gasteiger partial charge in [0.2, 0.25) is 0 Å². The van der Waals surface area contributed by atoms with Gasteiger partial charge in [0.15, 0.2) is 11.6 Å². The smallest absolute Gasteiger partial charge is 0.184 e. The first-order chi connectivity index (χ1) is 8.50. The number of hydrogen-bond acceptors (Lipinski definition) is 1. The zero-order valence-corrected chi connectivity index (χ0v) is 10.9. The second kappa shape index (κ2) is 3.92. The second-order valence-corrected chi connectivity index (χ2v) is 5.62. The van der Waals surface area contributed by atoms with Crippen LogP contribution in [-0.4, -0.2) is 9.55 Å². The normalized spacial score (nSPS) is 24.5. The summed E-state index contributed by atoms with van der Waals surface area (Å²) in [6.07, 6.45) is 0.956. The third kappa shape index (κ3) is 1.62. The molecule has 1 saturated carbocycles. The maximum atomic E-state index is 14.0. The molecule has 3 rings (SSSR count). The molecule has 0 amide bonds. The Morgan fingerprint density at radius 3 is 2.67 bits per heavy atom. The van der Waals surface area contributed by atoms with E-state index in [2.05, 4.69) is 11.9 Å². The maximum Gasteiger partial charge on any atom is 0.184 e. The molecule has 0 spiro atoms. The third-order valence-corrected chi connectivity index (χ3v) is 3.72. The molecule has 2 nitrogen and oxygen atoms in total. The van der Waals surface area contributed by atoms with Crippen LogP contribution in [0.15, 0.2) is 12.1 Å². The van der Waals surface area contributed by atoms with Gasteiger partial charge in [0.25, 0.3) is 0 Å². The summed E-state index contributed by atoms with van der Waals surface area (Å²) in [7, 11) is 0. The fraction of sp³-hybridized carbons (Fsp3) is 0.462. The van der Waals surface area contributed by atoms with Gasteiger partial charge in [0.1, 0.15) is 11.3 Å². The molecule has 0 bridgehead atoms. The number of fused-ring (bicyclic) bond motifs is 1. The highest BCUT2D eigenvalue weighted by atomic mass is 35.5. The van der Waals surface area contributed by atoms with Crippen molar-refractivity contribution < 1.29 is 8.78 Å². The van der Waals surface area contributed by atoms with Crippen LogP contribution in [0, 0.1) is 17.6 Å². The highest BCUT2D eigenvalue weighted by Crippen LogP contribution is 2.46. The first-order valence-electron chi connectivity index (χ1n) is 6.00. The summed E-state index contributed by atoms with van der Waals surface area (Å²) in [6.45, 7) is 3.87. The SMILES string of the molecule is CC(Cl)c1nc2ccc(F)c(F)c2n1C1CC1C. The van der Waals surface area contributed by atoms with Gasteiger partial charge in [-0.2, -0.15) is 0 Å². The van der Waals surface area contributed by atoms with E-state index in [1.165, 1.54) is 6.07 Å². The summed E-state index contributed by atoms with van der Waals surface area (Å²) in [5.41, 5.74) is 0.711. The van der Waals surface area contributed by atoms with E-state index in [1.54, 1.807) is 11.5 Å². The van der Waals surface area contributed by atoms with Crippen molar-refractivity contribution in [3.05, 3.63) is 29.6 Å². The standard InChI is InChI=1S/C13H13ClF2N2/c1-6-5-10(6)18-12-9(17-13(18)7(2)14)4-3-8(15)11(12)16/h3-4,6-7,10H,5H2,1-2H3. The van der Waals surface area contributed by atoms with Crippen LogP contribution in [0.5, 0.6) is 0 Å². The van der Waals surface area contributed by atoms with E-state index in [-0.39, 0.29) is 16.9 Å². The van der Waals surface area contributed by atoms with E-state index < -0.39 is 11.6 Å². The zero-order chi connectivity index (χ0) is 13.0. The van der Waals surface area contributed by atoms with Crippen LogP contribution >= 0.6 is 11.6 Å². The van der Waals surface area contributed by atoms with Crippen LogP contribution in [0.3, 0.4) is 0 Å². The molecule has 96 valence electrons. The van der Waals surface area contributed by atoms with Crippen molar-refractivity contribution >= 4 is 22.6 Å². The Bertz CT molecular complexity index is 621. The Morgan fingerprint density at radius 2 is 2.11 bits per heavy atom. The Morgan fingerprint density at radius 1 is 1.44 bits per heavy atom. The predicted molar refractivity (Wildman–Crippen MR) is 66.7 cm³/mol. The summed E-state index contributed by atoms with van der Waals surface area (Å²) in [5.74, 6) is -0.599. The lowest BCUT2D eigenvalue weighted by molar-refractivity contribution is 0.509. The van der Waals surface area contributed by atoms with Gasteiger partial charge in [-0.25, -0.2) is 13.8 Å². The minimum Gasteiger partial charge on any atom is -0.321 e. The number of imidazole rings is 1. The summed E-state index contributed by atoms with van der Waals surface area (Å²) in [6, 6.07) is 2.79. The second-order valence-electron chi connectivity index (χ2n) is 4.97. The lowest BCUT2D eigenvalue weighted by Crippen LogP contribution is -2.04. The van der Waals surface area contributed by atoms with Gasteiger partial charge in [0, 0.05) is 6.04 Å². The van der Waals surface area contributed by atoms with Crippen molar-refractivity contribution in [3.63, 3.8) is 0 Å². The number of rotatable bonds is 2. The summed E-state index contributed by atoms with van der Waals surface area (Å²) >= 11 is 6.09. The number of hydrogen-bond donors (Lipinski definition) is 0. The molecular formula is C13H13ClF2N2. The largest absolute Gasteiger partial charge is 0.321 e. The fourth-order valence-corrected chi connectivity index (χ4v) is 2.57. The Kier molecular flexibility index (Phi) is 2.59. The monoisotopic (exact) mass is 270 g/mol. The van der Waals surface area contributed by atoms with Gasteiger partial charge < -0.3 is 4.57 Å². The molecule has 0 N–H and O–H groups in total. The minimum absolute atomic E-state index is 0.183. The van der Waals surface area contributed by atoms with E-state index in [0.717, 1.165) is 12.5 Å². The molecule has 0 radical (unpaired) electrons. The van der Waals surface area contributed by atoms with Gasteiger partial charge >= 0.3 is 0 Å². The van der Waals surface area contributed by atoms with Crippen LogP contribution in [0.1, 0.15) is 37.5 Å². The molecule has 1 heterocycles. The Balaban J connectivity index is 2.33. The van der Waals surface area contributed by atoms with Crippen molar-refractivity contribution in [2.75, 3.05) is 0 Å². The Labute approximate surface area is 109 Å². The van der Waals surface area contributed by atoms with E-state index in [9.17, 15) is 8.78 Å². The summed E-state index contributed by atoms with van der Waals surface area (Å²) < 4.78 is 29.1. The van der Waals surface area contributed by atoms with E-state index in [0.29, 0.717) is 17.3 Å². The fourth-order valence-electron chi connectivity index (χ4n) is 2.42. The Hall–Kier alpha value is -1.16. The van der Waals surface area contributed by atoms with Gasteiger partial charge in [-0.3, -0.25) is 0 Å². The van der Waals surface area contributed by atoms with E-state index >= 15 is 0 Å². The van der Waals surface area contributed by atoms with E-state index in [1.807, 2.05) is 0 Å². The summed E-state index contributed by atoms with van der Waals surface area (Å²) in [5, 5.41) is -0.326. The lowest BCUT2D eigenvalue weighted by Gasteiger charge is -2.10. The topological polar surface area (TPSA) is 17.8 Å². The molecular weight excluding hydrogens is 258 g/mol. The van der Waals surface area contributed by atoms with Crippen molar-refractivity contribution in [1.29, 1.82) is 0 Å². The zero-order valence-electron chi connectivity index (χ0n) is 10.1. The quantitative estimate of drug-likeness (QED) is 0.748. The molecule has 1 aliphatic carbocycles. The highest BCUT2D eigenvalue weighted by Gasteiger charge is 2.38. The maximum absolute atomic E-state index is 14.0. The molecule has 3 atom stereocenters. The van der Waals surface area contributed by atoms with Crippen LogP contribution in [0.2, 0.25) is 0 Å². The molecule has 1 fully saturated rings. The minimum atomic E-state index is -0.842. The van der Waals surface area contributed by atoms with Crippen LogP contribution in [-0.2, 0) is 0 Å². The first-order valence-corrected chi connectivity index (χ1v) is 6.44. The molecule has 1 aromatic heterocycles. The van der Waals surface area contributed by atoms with Crippen molar-refractivity contribution in [3.8, 4) is 0 Å². The molecule has 1 aromatic carbocycles. The molecule has 3 unspecified atom stereocenters. The number of nitrogens with zero attached hydrogens (tertiary/aromatic N) is 2. The van der Waals surface area contributed by atoms with Gasteiger partial charge in [0.05, 0.1) is 10.9 Å².